The molecule has 1 N–H and O–H groups in total. The lowest BCUT2D eigenvalue weighted by atomic mass is 10.1. The number of aromatic nitrogens is 2. The van der Waals surface area contributed by atoms with Crippen molar-refractivity contribution in [2.75, 3.05) is 26.6 Å². The quantitative estimate of drug-likeness (QED) is 0.519. The smallest absolute Gasteiger partial charge is 0.322 e. The minimum Gasteiger partial charge on any atom is -0.493 e. The molecule has 0 aliphatic rings. The molecule has 0 aliphatic carbocycles. The SMILES string of the molecule is COc1cc(/C=C/C(=O)Nc2c(C)nc(Oc3ccccc3)nc2C)cc(OC)c1OC. The van der Waals surface area contributed by atoms with Gasteiger partial charge in [-0.25, -0.2) is 0 Å². The number of benzene rings is 2. The number of nitrogens with zero attached hydrogens (tertiary/aromatic N) is 2. The Balaban J connectivity index is 1.75. The van der Waals surface area contributed by atoms with E-state index in [1.807, 2.05) is 30.3 Å². The maximum absolute atomic E-state index is 12.5. The van der Waals surface area contributed by atoms with Crippen molar-refractivity contribution in [3.63, 3.8) is 0 Å². The van der Waals surface area contributed by atoms with E-state index in [0.29, 0.717) is 45.6 Å². The zero-order valence-corrected chi connectivity index (χ0v) is 18.6. The van der Waals surface area contributed by atoms with E-state index < -0.39 is 0 Å². The summed E-state index contributed by atoms with van der Waals surface area (Å²) in [7, 11) is 4.61. The number of carbonyl (C=O) groups is 1. The van der Waals surface area contributed by atoms with Crippen molar-refractivity contribution in [1.29, 1.82) is 0 Å². The predicted molar refractivity (Wildman–Crippen MR) is 122 cm³/mol. The molecule has 3 aromatic rings. The van der Waals surface area contributed by atoms with Crippen LogP contribution in [0.2, 0.25) is 0 Å². The van der Waals surface area contributed by atoms with Gasteiger partial charge in [0.05, 0.1) is 38.4 Å². The van der Waals surface area contributed by atoms with Crippen LogP contribution in [-0.2, 0) is 4.79 Å². The van der Waals surface area contributed by atoms with Crippen LogP contribution in [0.1, 0.15) is 17.0 Å². The highest BCUT2D eigenvalue weighted by Crippen LogP contribution is 2.38. The Kier molecular flexibility index (Phi) is 7.28. The lowest BCUT2D eigenvalue weighted by Gasteiger charge is -2.13. The van der Waals surface area contributed by atoms with Crippen LogP contribution in [0.3, 0.4) is 0 Å². The maximum atomic E-state index is 12.5. The minimum absolute atomic E-state index is 0.220. The predicted octanol–water partition coefficient (Wildman–Crippen LogP) is 4.56. The van der Waals surface area contributed by atoms with E-state index in [-0.39, 0.29) is 11.9 Å². The Bertz CT molecular complexity index is 1080. The molecule has 0 fully saturated rings. The van der Waals surface area contributed by atoms with Gasteiger partial charge in [0.1, 0.15) is 5.75 Å². The minimum atomic E-state index is -0.328. The molecule has 0 radical (unpaired) electrons. The molecule has 166 valence electrons. The number of anilines is 1. The van der Waals surface area contributed by atoms with Crippen LogP contribution in [0.15, 0.2) is 48.5 Å². The number of amides is 1. The van der Waals surface area contributed by atoms with E-state index in [1.54, 1.807) is 32.1 Å². The molecule has 2 aromatic carbocycles. The fourth-order valence-corrected chi connectivity index (χ4v) is 3.04. The van der Waals surface area contributed by atoms with Gasteiger partial charge in [0, 0.05) is 6.08 Å². The summed E-state index contributed by atoms with van der Waals surface area (Å²) in [5, 5.41) is 2.83. The molecule has 1 amide bonds. The third-order valence-corrected chi connectivity index (χ3v) is 4.57. The molecule has 8 heteroatoms. The summed E-state index contributed by atoms with van der Waals surface area (Å²) in [4.78, 5) is 21.2. The summed E-state index contributed by atoms with van der Waals surface area (Å²) in [6.07, 6.45) is 3.06. The molecule has 1 aromatic heterocycles. The first-order valence-electron chi connectivity index (χ1n) is 9.82. The van der Waals surface area contributed by atoms with Gasteiger partial charge in [-0.05, 0) is 49.8 Å². The summed E-state index contributed by atoms with van der Waals surface area (Å²) >= 11 is 0. The van der Waals surface area contributed by atoms with E-state index in [9.17, 15) is 4.79 Å². The third-order valence-electron chi connectivity index (χ3n) is 4.57. The Labute approximate surface area is 186 Å². The Morgan fingerprint density at radius 1 is 0.906 bits per heavy atom. The molecule has 0 spiro atoms. The average molecular weight is 435 g/mol. The fraction of sp³-hybridized carbons (Fsp3) is 0.208. The number of rotatable bonds is 8. The molecular formula is C24H25N3O5. The molecule has 0 bridgehead atoms. The zero-order chi connectivity index (χ0) is 23.1. The van der Waals surface area contributed by atoms with E-state index >= 15 is 0 Å². The van der Waals surface area contributed by atoms with Gasteiger partial charge in [0.2, 0.25) is 11.7 Å². The van der Waals surface area contributed by atoms with Gasteiger partial charge in [-0.15, -0.1) is 0 Å². The second-order valence-corrected chi connectivity index (χ2v) is 6.75. The van der Waals surface area contributed by atoms with Crippen LogP contribution >= 0.6 is 0 Å². The highest BCUT2D eigenvalue weighted by molar-refractivity contribution is 6.02. The van der Waals surface area contributed by atoms with Crippen LogP contribution < -0.4 is 24.3 Å². The number of para-hydroxylation sites is 1. The van der Waals surface area contributed by atoms with E-state index in [0.717, 1.165) is 0 Å². The molecule has 0 atom stereocenters. The molecule has 1 heterocycles. The number of hydrogen-bond donors (Lipinski definition) is 1. The van der Waals surface area contributed by atoms with Gasteiger partial charge >= 0.3 is 6.01 Å². The van der Waals surface area contributed by atoms with Gasteiger partial charge in [0.15, 0.2) is 11.5 Å². The van der Waals surface area contributed by atoms with Crippen molar-refractivity contribution in [3.8, 4) is 29.0 Å². The molecule has 0 saturated heterocycles. The Morgan fingerprint density at radius 3 is 2.03 bits per heavy atom. The molecular weight excluding hydrogens is 410 g/mol. The van der Waals surface area contributed by atoms with Gasteiger partial charge in [0.25, 0.3) is 0 Å². The average Bonchev–Trinajstić information content (AvgIpc) is 2.80. The number of methoxy groups -OCH3 is 3. The second kappa shape index (κ2) is 10.3. The standard InChI is InChI=1S/C24H25N3O5/c1-15-22(16(2)26-24(25-15)32-18-9-7-6-8-10-18)27-21(28)12-11-17-13-19(29-3)23(31-5)20(14-17)30-4/h6-14H,1-5H3,(H,27,28)/b12-11+. The van der Waals surface area contributed by atoms with Crippen LogP contribution in [0.25, 0.3) is 6.08 Å². The van der Waals surface area contributed by atoms with Gasteiger partial charge in [-0.2, -0.15) is 9.97 Å². The molecule has 3 rings (SSSR count). The summed E-state index contributed by atoms with van der Waals surface area (Å²) in [6, 6.07) is 13.0. The highest BCUT2D eigenvalue weighted by Gasteiger charge is 2.14. The maximum Gasteiger partial charge on any atom is 0.322 e. The number of hydrogen-bond acceptors (Lipinski definition) is 7. The number of ether oxygens (including phenoxy) is 4. The lowest BCUT2D eigenvalue weighted by molar-refractivity contribution is -0.111. The second-order valence-electron chi connectivity index (χ2n) is 6.75. The largest absolute Gasteiger partial charge is 0.493 e. The van der Waals surface area contributed by atoms with Crippen molar-refractivity contribution in [3.05, 3.63) is 65.5 Å². The lowest BCUT2D eigenvalue weighted by Crippen LogP contribution is -2.12. The van der Waals surface area contributed by atoms with E-state index in [4.69, 9.17) is 18.9 Å². The molecule has 8 nitrogen and oxygen atoms in total. The first kappa shape index (κ1) is 22.6. The van der Waals surface area contributed by atoms with Crippen molar-refractivity contribution in [1.82, 2.24) is 9.97 Å². The van der Waals surface area contributed by atoms with Crippen molar-refractivity contribution in [2.45, 2.75) is 13.8 Å². The zero-order valence-electron chi connectivity index (χ0n) is 18.6. The van der Waals surface area contributed by atoms with Crippen molar-refractivity contribution >= 4 is 17.7 Å². The topological polar surface area (TPSA) is 91.8 Å². The molecule has 0 unspecified atom stereocenters. The third kappa shape index (κ3) is 5.34. The number of aryl methyl sites for hydroxylation is 2. The molecule has 0 aliphatic heterocycles. The molecule has 0 saturated carbocycles. The van der Waals surface area contributed by atoms with E-state index in [1.165, 1.54) is 27.4 Å². The first-order chi connectivity index (χ1) is 15.4. The Morgan fingerprint density at radius 2 is 1.50 bits per heavy atom. The summed E-state index contributed by atoms with van der Waals surface area (Å²) in [5.74, 6) is 1.79. The monoisotopic (exact) mass is 435 g/mol. The van der Waals surface area contributed by atoms with Gasteiger partial charge < -0.3 is 24.3 Å². The van der Waals surface area contributed by atoms with Crippen LogP contribution in [-0.4, -0.2) is 37.2 Å². The summed E-state index contributed by atoms with van der Waals surface area (Å²) in [5.41, 5.74) is 2.44. The van der Waals surface area contributed by atoms with Gasteiger partial charge in [-0.3, -0.25) is 4.79 Å². The molecule has 32 heavy (non-hydrogen) atoms. The van der Waals surface area contributed by atoms with Crippen LogP contribution in [0, 0.1) is 13.8 Å². The van der Waals surface area contributed by atoms with E-state index in [2.05, 4.69) is 15.3 Å². The summed E-state index contributed by atoms with van der Waals surface area (Å²) < 4.78 is 21.7. The number of carbonyl (C=O) groups excluding carboxylic acids is 1. The van der Waals surface area contributed by atoms with Crippen LogP contribution in [0.4, 0.5) is 5.69 Å². The summed E-state index contributed by atoms with van der Waals surface area (Å²) in [6.45, 7) is 3.57. The Hall–Kier alpha value is -4.07. The normalized spacial score (nSPS) is 10.7. The number of nitrogens with one attached hydrogen (secondary N) is 1. The van der Waals surface area contributed by atoms with Crippen molar-refractivity contribution in [2.24, 2.45) is 0 Å². The fourth-order valence-electron chi connectivity index (χ4n) is 3.04. The van der Waals surface area contributed by atoms with Crippen molar-refractivity contribution < 1.29 is 23.7 Å². The first-order valence-corrected chi connectivity index (χ1v) is 9.82. The highest BCUT2D eigenvalue weighted by atomic mass is 16.5. The van der Waals surface area contributed by atoms with Crippen LogP contribution in [0.5, 0.6) is 29.0 Å². The van der Waals surface area contributed by atoms with Gasteiger partial charge in [-0.1, -0.05) is 18.2 Å².